The van der Waals surface area contributed by atoms with Crippen molar-refractivity contribution in [3.05, 3.63) is 27.8 Å². The van der Waals surface area contributed by atoms with Crippen LogP contribution in [0.2, 0.25) is 0 Å². The summed E-state index contributed by atoms with van der Waals surface area (Å²) in [4.78, 5) is 0. The number of hydrogen-bond donors (Lipinski definition) is 0. The molecule has 1 aliphatic carbocycles. The normalized spacial score (nSPS) is 16.7. The smallest absolute Gasteiger partial charge is 0.125 e. The minimum Gasteiger partial charge on any atom is -0.496 e. The van der Waals surface area contributed by atoms with E-state index in [1.54, 1.807) is 0 Å². The van der Waals surface area contributed by atoms with Gasteiger partial charge in [0.2, 0.25) is 0 Å². The second-order valence-electron chi connectivity index (χ2n) is 6.22. The minimum atomic E-state index is 0.864. The molecule has 0 aromatic heterocycles. The van der Waals surface area contributed by atoms with Crippen LogP contribution >= 0.6 is 0 Å². The standard InChI is InChI=1S/C18H28O/c1-12-13(2)15(4)18(19-5)17(14(12)3)11-16-9-7-6-8-10-16/h16H,6-11H2,1-5H3. The van der Waals surface area contributed by atoms with Gasteiger partial charge in [-0.2, -0.15) is 0 Å². The molecule has 0 heterocycles. The van der Waals surface area contributed by atoms with Gasteiger partial charge < -0.3 is 4.74 Å². The lowest BCUT2D eigenvalue weighted by molar-refractivity contribution is 0.346. The van der Waals surface area contributed by atoms with E-state index in [1.165, 1.54) is 66.3 Å². The highest BCUT2D eigenvalue weighted by molar-refractivity contribution is 5.54. The molecular formula is C18H28O. The molecule has 0 spiro atoms. The molecular weight excluding hydrogens is 232 g/mol. The molecule has 1 nitrogen and oxygen atoms in total. The van der Waals surface area contributed by atoms with Crippen molar-refractivity contribution in [3.63, 3.8) is 0 Å². The van der Waals surface area contributed by atoms with E-state index in [4.69, 9.17) is 4.74 Å². The molecule has 1 saturated carbocycles. The summed E-state index contributed by atoms with van der Waals surface area (Å²) in [6.07, 6.45) is 8.25. The van der Waals surface area contributed by atoms with Crippen LogP contribution in [-0.2, 0) is 6.42 Å². The van der Waals surface area contributed by atoms with Gasteiger partial charge in [-0.15, -0.1) is 0 Å². The van der Waals surface area contributed by atoms with Gasteiger partial charge in [0.15, 0.2) is 0 Å². The van der Waals surface area contributed by atoms with Crippen LogP contribution in [0.25, 0.3) is 0 Å². The van der Waals surface area contributed by atoms with Gasteiger partial charge in [0.25, 0.3) is 0 Å². The molecule has 0 atom stereocenters. The van der Waals surface area contributed by atoms with Gasteiger partial charge in [-0.1, -0.05) is 32.1 Å². The number of hydrogen-bond acceptors (Lipinski definition) is 1. The first-order valence-corrected chi connectivity index (χ1v) is 7.69. The van der Waals surface area contributed by atoms with E-state index in [0.717, 1.165) is 11.7 Å². The van der Waals surface area contributed by atoms with E-state index in [2.05, 4.69) is 27.7 Å². The van der Waals surface area contributed by atoms with E-state index < -0.39 is 0 Å². The lowest BCUT2D eigenvalue weighted by atomic mass is 9.81. The van der Waals surface area contributed by atoms with Crippen molar-refractivity contribution in [1.29, 1.82) is 0 Å². The summed E-state index contributed by atoms with van der Waals surface area (Å²) in [6.45, 7) is 8.93. The quantitative estimate of drug-likeness (QED) is 0.739. The van der Waals surface area contributed by atoms with Crippen molar-refractivity contribution in [2.75, 3.05) is 7.11 Å². The largest absolute Gasteiger partial charge is 0.496 e. The predicted molar refractivity (Wildman–Crippen MR) is 82.2 cm³/mol. The fourth-order valence-corrected chi connectivity index (χ4v) is 3.56. The van der Waals surface area contributed by atoms with Crippen molar-refractivity contribution in [2.24, 2.45) is 5.92 Å². The van der Waals surface area contributed by atoms with E-state index >= 15 is 0 Å². The molecule has 0 amide bonds. The van der Waals surface area contributed by atoms with Crippen molar-refractivity contribution in [1.82, 2.24) is 0 Å². The summed E-state index contributed by atoms with van der Waals surface area (Å²) in [5, 5.41) is 0. The summed E-state index contributed by atoms with van der Waals surface area (Å²) in [6, 6.07) is 0. The molecule has 0 radical (unpaired) electrons. The average Bonchev–Trinajstić information content (AvgIpc) is 2.44. The zero-order valence-electron chi connectivity index (χ0n) is 13.2. The Morgan fingerprint density at radius 2 is 1.42 bits per heavy atom. The summed E-state index contributed by atoms with van der Waals surface area (Å²) in [7, 11) is 1.82. The first-order valence-electron chi connectivity index (χ1n) is 7.69. The van der Waals surface area contributed by atoms with Crippen molar-refractivity contribution in [3.8, 4) is 5.75 Å². The Kier molecular flexibility index (Phi) is 4.54. The number of methoxy groups -OCH3 is 1. The maximum Gasteiger partial charge on any atom is 0.125 e. The number of rotatable bonds is 3. The Balaban J connectivity index is 2.37. The molecule has 0 N–H and O–H groups in total. The van der Waals surface area contributed by atoms with Crippen LogP contribution in [-0.4, -0.2) is 7.11 Å². The Labute approximate surface area is 118 Å². The molecule has 1 heteroatoms. The van der Waals surface area contributed by atoms with Gasteiger partial charge in [-0.05, 0) is 67.9 Å². The Morgan fingerprint density at radius 1 is 0.842 bits per heavy atom. The molecule has 1 aromatic rings. The highest BCUT2D eigenvalue weighted by Crippen LogP contribution is 2.36. The maximum absolute atomic E-state index is 5.73. The van der Waals surface area contributed by atoms with Crippen LogP contribution in [0.15, 0.2) is 0 Å². The molecule has 106 valence electrons. The first-order chi connectivity index (χ1) is 9.06. The summed E-state index contributed by atoms with van der Waals surface area (Å²) in [5.41, 5.74) is 7.09. The lowest BCUT2D eigenvalue weighted by Crippen LogP contribution is -2.12. The van der Waals surface area contributed by atoms with Crippen molar-refractivity contribution < 1.29 is 4.74 Å². The molecule has 0 bridgehead atoms. The molecule has 2 rings (SSSR count). The van der Waals surface area contributed by atoms with Crippen LogP contribution in [0.3, 0.4) is 0 Å². The highest BCUT2D eigenvalue weighted by atomic mass is 16.5. The van der Waals surface area contributed by atoms with Crippen LogP contribution in [0.4, 0.5) is 0 Å². The zero-order chi connectivity index (χ0) is 14.0. The van der Waals surface area contributed by atoms with E-state index in [-0.39, 0.29) is 0 Å². The van der Waals surface area contributed by atoms with Gasteiger partial charge in [0.05, 0.1) is 7.11 Å². The van der Waals surface area contributed by atoms with E-state index in [9.17, 15) is 0 Å². The van der Waals surface area contributed by atoms with Gasteiger partial charge in [-0.3, -0.25) is 0 Å². The Hall–Kier alpha value is -0.980. The molecule has 19 heavy (non-hydrogen) atoms. The predicted octanol–water partition coefficient (Wildman–Crippen LogP) is 5.05. The molecule has 1 fully saturated rings. The molecule has 0 saturated heterocycles. The van der Waals surface area contributed by atoms with Gasteiger partial charge in [-0.25, -0.2) is 0 Å². The molecule has 0 aliphatic heterocycles. The van der Waals surface area contributed by atoms with Gasteiger partial charge in [0.1, 0.15) is 5.75 Å². The molecule has 1 aliphatic rings. The third kappa shape index (κ3) is 2.80. The SMILES string of the molecule is COc1c(C)c(C)c(C)c(C)c1CC1CCCCC1. The van der Waals surface area contributed by atoms with Crippen molar-refractivity contribution in [2.45, 2.75) is 66.2 Å². The summed E-state index contributed by atoms with van der Waals surface area (Å²) < 4.78 is 5.73. The third-order valence-corrected chi connectivity index (χ3v) is 5.18. The van der Waals surface area contributed by atoms with Gasteiger partial charge >= 0.3 is 0 Å². The Morgan fingerprint density at radius 3 is 2.00 bits per heavy atom. The van der Waals surface area contributed by atoms with Crippen LogP contribution in [0.5, 0.6) is 5.75 Å². The fraction of sp³-hybridized carbons (Fsp3) is 0.667. The van der Waals surface area contributed by atoms with E-state index in [1.807, 2.05) is 7.11 Å². The second kappa shape index (κ2) is 5.98. The van der Waals surface area contributed by atoms with Gasteiger partial charge in [0, 0.05) is 0 Å². The Bertz CT molecular complexity index is 453. The third-order valence-electron chi connectivity index (χ3n) is 5.18. The average molecular weight is 260 g/mol. The van der Waals surface area contributed by atoms with Crippen LogP contribution in [0, 0.1) is 33.6 Å². The zero-order valence-corrected chi connectivity index (χ0v) is 13.2. The number of benzene rings is 1. The molecule has 0 unspecified atom stereocenters. The minimum absolute atomic E-state index is 0.864. The summed E-state index contributed by atoms with van der Waals surface area (Å²) in [5.74, 6) is 2.01. The highest BCUT2D eigenvalue weighted by Gasteiger charge is 2.20. The van der Waals surface area contributed by atoms with Crippen LogP contribution < -0.4 is 4.74 Å². The van der Waals surface area contributed by atoms with Crippen molar-refractivity contribution >= 4 is 0 Å². The lowest BCUT2D eigenvalue weighted by Gasteiger charge is -2.26. The second-order valence-corrected chi connectivity index (χ2v) is 6.22. The topological polar surface area (TPSA) is 9.23 Å². The maximum atomic E-state index is 5.73. The monoisotopic (exact) mass is 260 g/mol. The molecule has 1 aromatic carbocycles. The summed E-state index contributed by atoms with van der Waals surface area (Å²) >= 11 is 0. The number of ether oxygens (including phenoxy) is 1. The van der Waals surface area contributed by atoms with Crippen LogP contribution in [0.1, 0.15) is 59.9 Å². The first kappa shape index (κ1) is 14.4. The van der Waals surface area contributed by atoms with E-state index in [0.29, 0.717) is 0 Å². The fourth-order valence-electron chi connectivity index (χ4n) is 3.56.